The van der Waals surface area contributed by atoms with Crippen LogP contribution in [0.5, 0.6) is 11.5 Å². The van der Waals surface area contributed by atoms with Crippen molar-refractivity contribution in [2.24, 2.45) is 0 Å². The lowest BCUT2D eigenvalue weighted by Crippen LogP contribution is -2.55. The fraction of sp³-hybridized carbons (Fsp3) is 0.571. The van der Waals surface area contributed by atoms with Crippen molar-refractivity contribution in [2.45, 2.75) is 19.3 Å². The number of hydrogen-bond donors (Lipinski definition) is 2. The number of hydrogen-bond acceptors (Lipinski definition) is 6. The number of anilines is 1. The van der Waals surface area contributed by atoms with Crippen molar-refractivity contribution in [3.8, 4) is 11.5 Å². The summed E-state index contributed by atoms with van der Waals surface area (Å²) >= 11 is 0. The van der Waals surface area contributed by atoms with Crippen LogP contribution in [0.15, 0.2) is 18.2 Å². The summed E-state index contributed by atoms with van der Waals surface area (Å²) in [5.41, 5.74) is 0.513. The normalized spacial score (nSPS) is 19.0. The number of carbonyl (C=O) groups excluding carboxylic acids is 3. The van der Waals surface area contributed by atoms with E-state index in [2.05, 4.69) is 10.6 Å². The highest BCUT2D eigenvalue weighted by molar-refractivity contribution is 6.01. The molecule has 3 heterocycles. The average Bonchev–Trinajstić information content (AvgIpc) is 2.79. The molecule has 0 saturated carbocycles. The van der Waals surface area contributed by atoms with Crippen molar-refractivity contribution in [3.63, 3.8) is 0 Å². The van der Waals surface area contributed by atoms with Crippen molar-refractivity contribution in [1.82, 2.24) is 20.0 Å². The van der Waals surface area contributed by atoms with E-state index in [4.69, 9.17) is 9.47 Å². The standard InChI is InChI=1S/C21H29N5O5/c27-19(23-20(28)22-16-4-5-17-18(14-16)31-13-12-30-17)15-24-8-10-26(11-9-24)21(29)25-6-2-1-3-7-25/h4-5,14H,1-3,6-13,15H2,(H2,22,23,27,28). The maximum absolute atomic E-state index is 12.6. The summed E-state index contributed by atoms with van der Waals surface area (Å²) in [5, 5.41) is 4.99. The largest absolute Gasteiger partial charge is 0.486 e. The minimum Gasteiger partial charge on any atom is -0.486 e. The third-order valence-electron chi connectivity index (χ3n) is 5.69. The fourth-order valence-electron chi connectivity index (χ4n) is 4.04. The molecule has 0 unspecified atom stereocenters. The number of rotatable bonds is 3. The Morgan fingerprint density at radius 3 is 2.26 bits per heavy atom. The predicted octanol–water partition coefficient (Wildman–Crippen LogP) is 1.33. The van der Waals surface area contributed by atoms with Gasteiger partial charge in [-0.25, -0.2) is 9.59 Å². The predicted molar refractivity (Wildman–Crippen MR) is 113 cm³/mol. The molecule has 10 nitrogen and oxygen atoms in total. The molecule has 168 valence electrons. The number of imide groups is 1. The molecule has 1 aromatic rings. The highest BCUT2D eigenvalue weighted by atomic mass is 16.6. The third-order valence-corrected chi connectivity index (χ3v) is 5.69. The van der Waals surface area contributed by atoms with E-state index in [1.807, 2.05) is 14.7 Å². The molecule has 0 atom stereocenters. The van der Waals surface area contributed by atoms with E-state index in [0.29, 0.717) is 56.6 Å². The summed E-state index contributed by atoms with van der Waals surface area (Å²) in [4.78, 5) is 42.7. The number of ether oxygens (including phenoxy) is 2. The van der Waals surface area contributed by atoms with Crippen LogP contribution in [0.4, 0.5) is 15.3 Å². The van der Waals surface area contributed by atoms with Gasteiger partial charge in [0.2, 0.25) is 5.91 Å². The van der Waals surface area contributed by atoms with Gasteiger partial charge in [0, 0.05) is 51.0 Å². The number of amides is 5. The average molecular weight is 431 g/mol. The summed E-state index contributed by atoms with van der Waals surface area (Å²) < 4.78 is 10.9. The van der Waals surface area contributed by atoms with E-state index in [1.54, 1.807) is 18.2 Å². The van der Waals surface area contributed by atoms with Crippen LogP contribution in [0, 0.1) is 0 Å². The summed E-state index contributed by atoms with van der Waals surface area (Å²) in [5.74, 6) is 0.810. The van der Waals surface area contributed by atoms with Gasteiger partial charge in [-0.15, -0.1) is 0 Å². The molecule has 3 aliphatic rings. The fourth-order valence-corrected chi connectivity index (χ4v) is 4.04. The van der Waals surface area contributed by atoms with Crippen molar-refractivity contribution >= 4 is 23.7 Å². The molecule has 0 radical (unpaired) electrons. The molecular formula is C21H29N5O5. The van der Waals surface area contributed by atoms with Crippen LogP contribution in [0.3, 0.4) is 0 Å². The Morgan fingerprint density at radius 1 is 0.839 bits per heavy atom. The van der Waals surface area contributed by atoms with Crippen LogP contribution in [0.1, 0.15) is 19.3 Å². The minimum absolute atomic E-state index is 0.0996. The third kappa shape index (κ3) is 5.57. The molecule has 3 aliphatic heterocycles. The Bertz CT molecular complexity index is 818. The second-order valence-corrected chi connectivity index (χ2v) is 7.95. The Kier molecular flexibility index (Phi) is 6.76. The van der Waals surface area contributed by atoms with E-state index in [1.165, 1.54) is 6.42 Å². The van der Waals surface area contributed by atoms with Gasteiger partial charge >= 0.3 is 12.1 Å². The van der Waals surface area contributed by atoms with Crippen molar-refractivity contribution in [1.29, 1.82) is 0 Å². The van der Waals surface area contributed by atoms with Crippen LogP contribution >= 0.6 is 0 Å². The summed E-state index contributed by atoms with van der Waals surface area (Å²) in [6.45, 7) is 5.12. The molecule has 2 saturated heterocycles. The topological polar surface area (TPSA) is 103 Å². The molecule has 1 aromatic carbocycles. The Morgan fingerprint density at radius 2 is 1.52 bits per heavy atom. The quantitative estimate of drug-likeness (QED) is 0.749. The van der Waals surface area contributed by atoms with Gasteiger partial charge in [0.05, 0.1) is 6.54 Å². The molecule has 0 aromatic heterocycles. The molecule has 31 heavy (non-hydrogen) atoms. The zero-order valence-corrected chi connectivity index (χ0v) is 17.6. The van der Waals surface area contributed by atoms with E-state index in [9.17, 15) is 14.4 Å². The molecule has 4 rings (SSSR count). The smallest absolute Gasteiger partial charge is 0.325 e. The van der Waals surface area contributed by atoms with E-state index in [-0.39, 0.29) is 18.5 Å². The van der Waals surface area contributed by atoms with Crippen molar-refractivity contribution < 1.29 is 23.9 Å². The lowest BCUT2D eigenvalue weighted by molar-refractivity contribution is -0.121. The number of nitrogens with zero attached hydrogens (tertiary/aromatic N) is 3. The number of benzene rings is 1. The first-order chi connectivity index (χ1) is 15.1. The van der Waals surface area contributed by atoms with Crippen LogP contribution in [-0.4, -0.2) is 91.7 Å². The first-order valence-corrected chi connectivity index (χ1v) is 10.9. The van der Waals surface area contributed by atoms with E-state index >= 15 is 0 Å². The van der Waals surface area contributed by atoms with Crippen LogP contribution in [0.2, 0.25) is 0 Å². The molecular weight excluding hydrogens is 402 g/mol. The number of nitrogens with one attached hydrogen (secondary N) is 2. The van der Waals surface area contributed by atoms with Gasteiger partial charge in [-0.3, -0.25) is 15.0 Å². The second kappa shape index (κ2) is 9.86. The maximum atomic E-state index is 12.6. The number of carbonyl (C=O) groups is 3. The zero-order chi connectivity index (χ0) is 21.6. The first-order valence-electron chi connectivity index (χ1n) is 10.9. The number of piperidine rings is 1. The Balaban J connectivity index is 1.19. The second-order valence-electron chi connectivity index (χ2n) is 7.95. The summed E-state index contributed by atoms with van der Waals surface area (Å²) in [7, 11) is 0. The molecule has 5 amide bonds. The highest BCUT2D eigenvalue weighted by Gasteiger charge is 2.27. The van der Waals surface area contributed by atoms with Crippen LogP contribution in [-0.2, 0) is 4.79 Å². The number of likely N-dealkylation sites (tertiary alicyclic amines) is 1. The highest BCUT2D eigenvalue weighted by Crippen LogP contribution is 2.32. The molecule has 0 bridgehead atoms. The van der Waals surface area contributed by atoms with Gasteiger partial charge < -0.3 is 24.6 Å². The Labute approximate surface area is 181 Å². The minimum atomic E-state index is -0.597. The van der Waals surface area contributed by atoms with Gasteiger partial charge in [0.25, 0.3) is 0 Å². The van der Waals surface area contributed by atoms with Crippen molar-refractivity contribution in [2.75, 3.05) is 64.3 Å². The lowest BCUT2D eigenvalue weighted by atomic mass is 10.1. The van der Waals surface area contributed by atoms with Gasteiger partial charge in [-0.2, -0.15) is 0 Å². The molecule has 10 heteroatoms. The number of piperazine rings is 1. The lowest BCUT2D eigenvalue weighted by Gasteiger charge is -2.38. The van der Waals surface area contributed by atoms with Gasteiger partial charge in [-0.05, 0) is 31.4 Å². The Hall–Kier alpha value is -3.01. The maximum Gasteiger partial charge on any atom is 0.325 e. The first kappa shape index (κ1) is 21.2. The van der Waals surface area contributed by atoms with Crippen molar-refractivity contribution in [3.05, 3.63) is 18.2 Å². The SMILES string of the molecule is O=C(CN1CCN(C(=O)N2CCCCC2)CC1)NC(=O)Nc1ccc2c(c1)OCCO2. The van der Waals surface area contributed by atoms with E-state index in [0.717, 1.165) is 25.9 Å². The van der Waals surface area contributed by atoms with Gasteiger partial charge in [0.15, 0.2) is 11.5 Å². The number of urea groups is 2. The molecule has 2 fully saturated rings. The molecule has 2 N–H and O–H groups in total. The monoisotopic (exact) mass is 431 g/mol. The molecule has 0 aliphatic carbocycles. The zero-order valence-electron chi connectivity index (χ0n) is 17.6. The molecule has 0 spiro atoms. The summed E-state index contributed by atoms with van der Waals surface area (Å²) in [6.07, 6.45) is 3.33. The summed E-state index contributed by atoms with van der Waals surface area (Å²) in [6, 6.07) is 4.58. The number of fused-ring (bicyclic) bond motifs is 1. The van der Waals surface area contributed by atoms with Gasteiger partial charge in [-0.1, -0.05) is 0 Å². The van der Waals surface area contributed by atoms with Gasteiger partial charge in [0.1, 0.15) is 13.2 Å². The van der Waals surface area contributed by atoms with Crippen LogP contribution in [0.25, 0.3) is 0 Å². The van der Waals surface area contributed by atoms with E-state index < -0.39 is 6.03 Å². The van der Waals surface area contributed by atoms with Crippen LogP contribution < -0.4 is 20.1 Å².